The quantitative estimate of drug-likeness (QED) is 0.875. The van der Waals surface area contributed by atoms with Crippen LogP contribution in [0.2, 0.25) is 0 Å². The van der Waals surface area contributed by atoms with Gasteiger partial charge in [0.2, 0.25) is 0 Å². The van der Waals surface area contributed by atoms with Gasteiger partial charge in [-0.05, 0) is 17.5 Å². The average molecular weight is 339 g/mol. The summed E-state index contributed by atoms with van der Waals surface area (Å²) in [6.45, 7) is 1.41. The lowest BCUT2D eigenvalue weighted by molar-refractivity contribution is -0.143. The number of rotatable bonds is 6. The van der Waals surface area contributed by atoms with E-state index in [0.29, 0.717) is 26.2 Å². The van der Waals surface area contributed by atoms with Crippen LogP contribution in [0.1, 0.15) is 17.5 Å². The van der Waals surface area contributed by atoms with Crippen molar-refractivity contribution in [3.63, 3.8) is 0 Å². The summed E-state index contributed by atoms with van der Waals surface area (Å²) < 4.78 is 39.0. The van der Waals surface area contributed by atoms with E-state index in [2.05, 4.69) is 21.5 Å². The third-order valence-electron chi connectivity index (χ3n) is 4.07. The van der Waals surface area contributed by atoms with E-state index in [9.17, 15) is 13.2 Å². The van der Waals surface area contributed by atoms with Gasteiger partial charge in [0.05, 0.1) is 13.1 Å². The normalized spacial score (nSPS) is 19.0. The highest BCUT2D eigenvalue weighted by atomic mass is 19.4. The molecule has 2 heterocycles. The summed E-state index contributed by atoms with van der Waals surface area (Å²) in [5, 5.41) is 7.44. The first-order chi connectivity index (χ1) is 11.5. The van der Waals surface area contributed by atoms with Gasteiger partial charge in [-0.1, -0.05) is 24.3 Å². The Balaban J connectivity index is 1.48. The van der Waals surface area contributed by atoms with Crippen molar-refractivity contribution in [2.75, 3.05) is 19.6 Å². The van der Waals surface area contributed by atoms with Crippen LogP contribution in [-0.4, -0.2) is 51.5 Å². The van der Waals surface area contributed by atoms with Gasteiger partial charge >= 0.3 is 6.18 Å². The number of nitrogens with one attached hydrogen (secondary N) is 1. The molecule has 1 aromatic carbocycles. The Morgan fingerprint density at radius 3 is 2.83 bits per heavy atom. The lowest BCUT2D eigenvalue weighted by Gasteiger charge is -2.18. The largest absolute Gasteiger partial charge is 0.401 e. The third-order valence-corrected chi connectivity index (χ3v) is 4.07. The van der Waals surface area contributed by atoms with Gasteiger partial charge in [0, 0.05) is 25.7 Å². The number of hydrogen-bond donors (Lipinski definition) is 1. The summed E-state index contributed by atoms with van der Waals surface area (Å²) in [4.78, 5) is 5.37. The highest BCUT2D eigenvalue weighted by molar-refractivity contribution is 5.23. The molecular weight excluding hydrogens is 319 g/mol. The first-order valence-electron chi connectivity index (χ1n) is 7.91. The highest BCUT2D eigenvalue weighted by Crippen LogP contribution is 2.20. The maximum atomic E-state index is 12.4. The molecule has 1 N–H and O–H groups in total. The van der Waals surface area contributed by atoms with Crippen LogP contribution < -0.4 is 5.32 Å². The molecule has 0 aliphatic carbocycles. The van der Waals surface area contributed by atoms with Crippen molar-refractivity contribution in [3.05, 3.63) is 48.0 Å². The Kier molecular flexibility index (Phi) is 5.15. The number of benzene rings is 1. The number of halogens is 3. The molecule has 0 bridgehead atoms. The molecule has 5 nitrogen and oxygen atoms in total. The molecule has 1 aromatic heterocycles. The number of nitrogens with zero attached hydrogens (tertiary/aromatic N) is 4. The second kappa shape index (κ2) is 7.31. The molecule has 0 spiro atoms. The smallest absolute Gasteiger partial charge is 0.309 e. The molecule has 1 atom stereocenters. The molecule has 24 heavy (non-hydrogen) atoms. The SMILES string of the molecule is FC(F)(F)CN1CCC(NCc2cccc(Cn3cncn3)c2)C1. The van der Waals surface area contributed by atoms with Crippen LogP contribution >= 0.6 is 0 Å². The molecule has 1 unspecified atom stereocenters. The highest BCUT2D eigenvalue weighted by Gasteiger charge is 2.34. The fourth-order valence-corrected chi connectivity index (χ4v) is 3.00. The van der Waals surface area contributed by atoms with Crippen molar-refractivity contribution in [2.24, 2.45) is 0 Å². The number of alkyl halides is 3. The van der Waals surface area contributed by atoms with Crippen molar-refractivity contribution in [3.8, 4) is 0 Å². The Hall–Kier alpha value is -1.93. The monoisotopic (exact) mass is 339 g/mol. The maximum absolute atomic E-state index is 12.4. The Labute approximate surface area is 138 Å². The van der Waals surface area contributed by atoms with Crippen molar-refractivity contribution < 1.29 is 13.2 Å². The summed E-state index contributed by atoms with van der Waals surface area (Å²) in [5.41, 5.74) is 2.23. The Morgan fingerprint density at radius 1 is 1.25 bits per heavy atom. The fraction of sp³-hybridized carbons (Fsp3) is 0.500. The molecule has 0 saturated carbocycles. The van der Waals surface area contributed by atoms with E-state index >= 15 is 0 Å². The Morgan fingerprint density at radius 2 is 2.08 bits per heavy atom. The molecule has 130 valence electrons. The van der Waals surface area contributed by atoms with Crippen molar-refractivity contribution in [2.45, 2.75) is 31.7 Å². The summed E-state index contributed by atoms with van der Waals surface area (Å²) >= 11 is 0. The molecule has 2 aromatic rings. The molecule has 1 saturated heterocycles. The van der Waals surface area contributed by atoms with Crippen molar-refractivity contribution in [1.29, 1.82) is 0 Å². The van der Waals surface area contributed by atoms with Gasteiger partial charge in [0.25, 0.3) is 0 Å². The Bertz CT molecular complexity index is 641. The lowest BCUT2D eigenvalue weighted by atomic mass is 10.1. The zero-order chi connectivity index (χ0) is 17.0. The molecular formula is C16H20F3N5. The molecule has 1 aliphatic rings. The van der Waals surface area contributed by atoms with Crippen LogP contribution in [0.3, 0.4) is 0 Å². The van der Waals surface area contributed by atoms with Crippen LogP contribution in [0.4, 0.5) is 13.2 Å². The number of likely N-dealkylation sites (tertiary alicyclic amines) is 1. The van der Waals surface area contributed by atoms with Gasteiger partial charge in [-0.2, -0.15) is 18.3 Å². The summed E-state index contributed by atoms with van der Waals surface area (Å²) in [6, 6.07) is 8.20. The molecule has 1 aliphatic heterocycles. The van der Waals surface area contributed by atoms with E-state index in [1.807, 2.05) is 18.2 Å². The van der Waals surface area contributed by atoms with E-state index in [1.165, 1.54) is 11.2 Å². The maximum Gasteiger partial charge on any atom is 0.401 e. The second-order valence-corrected chi connectivity index (χ2v) is 6.13. The topological polar surface area (TPSA) is 46.0 Å². The molecule has 1 fully saturated rings. The number of hydrogen-bond acceptors (Lipinski definition) is 4. The summed E-state index contributed by atoms with van der Waals surface area (Å²) in [6.07, 6.45) is -0.212. The molecule has 8 heteroatoms. The fourth-order valence-electron chi connectivity index (χ4n) is 3.00. The van der Waals surface area contributed by atoms with E-state index in [-0.39, 0.29) is 6.04 Å². The van der Waals surface area contributed by atoms with Crippen LogP contribution in [0.5, 0.6) is 0 Å². The minimum atomic E-state index is -4.12. The van der Waals surface area contributed by atoms with E-state index in [1.54, 1.807) is 11.0 Å². The zero-order valence-electron chi connectivity index (χ0n) is 13.2. The molecule has 3 rings (SSSR count). The van der Waals surface area contributed by atoms with Crippen molar-refractivity contribution >= 4 is 0 Å². The van der Waals surface area contributed by atoms with E-state index in [4.69, 9.17) is 0 Å². The first kappa shape index (κ1) is 16.9. The van der Waals surface area contributed by atoms with Gasteiger partial charge in [0.1, 0.15) is 12.7 Å². The van der Waals surface area contributed by atoms with Gasteiger partial charge in [0.15, 0.2) is 0 Å². The van der Waals surface area contributed by atoms with E-state index < -0.39 is 12.7 Å². The van der Waals surface area contributed by atoms with Gasteiger partial charge in [-0.15, -0.1) is 0 Å². The van der Waals surface area contributed by atoms with Crippen LogP contribution in [0, 0.1) is 0 Å². The predicted molar refractivity (Wildman–Crippen MR) is 83.3 cm³/mol. The predicted octanol–water partition coefficient (Wildman–Crippen LogP) is 2.05. The number of aromatic nitrogens is 3. The minimum absolute atomic E-state index is 0.103. The first-order valence-corrected chi connectivity index (χ1v) is 7.91. The molecule has 0 amide bonds. The summed E-state index contributed by atoms with van der Waals surface area (Å²) in [7, 11) is 0. The second-order valence-electron chi connectivity index (χ2n) is 6.13. The van der Waals surface area contributed by atoms with Gasteiger partial charge in [-0.3, -0.25) is 4.90 Å². The van der Waals surface area contributed by atoms with Gasteiger partial charge < -0.3 is 5.32 Å². The third kappa shape index (κ3) is 5.04. The van der Waals surface area contributed by atoms with Crippen LogP contribution in [0.25, 0.3) is 0 Å². The van der Waals surface area contributed by atoms with Crippen LogP contribution in [-0.2, 0) is 13.1 Å². The lowest BCUT2D eigenvalue weighted by Crippen LogP contribution is -2.36. The van der Waals surface area contributed by atoms with Crippen molar-refractivity contribution in [1.82, 2.24) is 25.0 Å². The molecule has 0 radical (unpaired) electrons. The van der Waals surface area contributed by atoms with Crippen LogP contribution in [0.15, 0.2) is 36.9 Å². The van der Waals surface area contributed by atoms with Gasteiger partial charge in [-0.25, -0.2) is 9.67 Å². The zero-order valence-corrected chi connectivity index (χ0v) is 13.2. The summed E-state index contributed by atoms with van der Waals surface area (Å²) in [5.74, 6) is 0. The van der Waals surface area contributed by atoms with E-state index in [0.717, 1.165) is 17.5 Å². The standard InChI is InChI=1S/C16H20F3N5/c17-16(18,19)10-23-5-4-15(9-23)21-7-13-2-1-3-14(6-13)8-24-12-20-11-22-24/h1-3,6,11-12,15,21H,4-5,7-10H2. The minimum Gasteiger partial charge on any atom is -0.309 e. The average Bonchev–Trinajstić information content (AvgIpc) is 3.16.